The smallest absolute Gasteiger partial charge is 0.167 e. The van der Waals surface area contributed by atoms with Gasteiger partial charge < -0.3 is 4.74 Å². The number of rotatable bonds is 3. The zero-order valence-corrected chi connectivity index (χ0v) is 9.49. The molecule has 1 aromatic rings. The summed E-state index contributed by atoms with van der Waals surface area (Å²) in [6.45, 7) is 3.78. The molecule has 80 valence electrons. The van der Waals surface area contributed by atoms with Gasteiger partial charge >= 0.3 is 0 Å². The third kappa shape index (κ3) is 2.21. The van der Waals surface area contributed by atoms with Gasteiger partial charge in [-0.15, -0.1) is 0 Å². The molecule has 15 heavy (non-hydrogen) atoms. The van der Waals surface area contributed by atoms with Crippen molar-refractivity contribution in [2.24, 2.45) is 5.92 Å². The molecule has 1 saturated heterocycles. The summed E-state index contributed by atoms with van der Waals surface area (Å²) in [7, 11) is 0. The maximum absolute atomic E-state index is 11.6. The normalized spacial score (nSPS) is 24.3. The molecule has 2 rings (SSSR count). The van der Waals surface area contributed by atoms with Gasteiger partial charge in [0.25, 0.3) is 0 Å². The summed E-state index contributed by atoms with van der Waals surface area (Å²) >= 11 is 5.78. The molecule has 2 nitrogen and oxygen atoms in total. The van der Waals surface area contributed by atoms with Crippen molar-refractivity contribution in [1.82, 2.24) is 0 Å². The summed E-state index contributed by atoms with van der Waals surface area (Å²) < 4.78 is 5.37. The number of hydrogen-bond acceptors (Lipinski definition) is 2. The van der Waals surface area contributed by atoms with Crippen LogP contribution in [0.1, 0.15) is 25.5 Å². The van der Waals surface area contributed by atoms with Gasteiger partial charge in [0.1, 0.15) is 12.2 Å². The Bertz CT molecular complexity index is 370. The van der Waals surface area contributed by atoms with E-state index < -0.39 is 0 Å². The van der Waals surface area contributed by atoms with Crippen LogP contribution in [-0.4, -0.2) is 11.9 Å². The number of halogens is 1. The van der Waals surface area contributed by atoms with E-state index in [0.717, 1.165) is 5.56 Å². The van der Waals surface area contributed by atoms with Crippen molar-refractivity contribution in [3.8, 4) is 0 Å². The molecule has 0 radical (unpaired) electrons. The van der Waals surface area contributed by atoms with Crippen LogP contribution in [0.4, 0.5) is 0 Å². The first-order chi connectivity index (χ1) is 7.09. The molecule has 0 bridgehead atoms. The molecule has 0 N–H and O–H groups in total. The minimum Gasteiger partial charge on any atom is -0.356 e. The van der Waals surface area contributed by atoms with E-state index in [4.69, 9.17) is 16.3 Å². The lowest BCUT2D eigenvalue weighted by Gasteiger charge is -1.99. The lowest BCUT2D eigenvalue weighted by molar-refractivity contribution is -0.123. The summed E-state index contributed by atoms with van der Waals surface area (Å²) in [5.41, 5.74) is 1.03. The predicted molar refractivity (Wildman–Crippen MR) is 58.9 cm³/mol. The molecule has 0 amide bonds. The summed E-state index contributed by atoms with van der Waals surface area (Å²) in [6.07, 6.45) is -0.302. The van der Waals surface area contributed by atoms with E-state index in [1.807, 2.05) is 38.1 Å². The van der Waals surface area contributed by atoms with Crippen LogP contribution in [0.2, 0.25) is 5.02 Å². The number of Topliss-reactive ketones (excluding diaryl/α,β-unsaturated/α-hetero) is 1. The molecule has 3 heteroatoms. The molecule has 1 heterocycles. The highest BCUT2D eigenvalue weighted by molar-refractivity contribution is 6.30. The lowest BCUT2D eigenvalue weighted by Crippen LogP contribution is -2.14. The second kappa shape index (κ2) is 3.95. The summed E-state index contributed by atoms with van der Waals surface area (Å²) in [6, 6.07) is 7.44. The minimum atomic E-state index is -0.244. The van der Waals surface area contributed by atoms with Gasteiger partial charge in [-0.2, -0.15) is 0 Å². The van der Waals surface area contributed by atoms with E-state index in [9.17, 15) is 4.79 Å². The van der Waals surface area contributed by atoms with Gasteiger partial charge in [0.05, 0.1) is 0 Å². The lowest BCUT2D eigenvalue weighted by atomic mass is 10.0. The topological polar surface area (TPSA) is 29.6 Å². The zero-order chi connectivity index (χ0) is 11.0. The SMILES string of the molecule is CC(C)C(=O)[C@H]1O[C@H]1c1ccc(Cl)cc1. The first-order valence-electron chi connectivity index (χ1n) is 5.04. The van der Waals surface area contributed by atoms with Crippen LogP contribution in [-0.2, 0) is 9.53 Å². The maximum atomic E-state index is 11.6. The Labute approximate surface area is 94.2 Å². The molecule has 1 aliphatic heterocycles. The van der Waals surface area contributed by atoms with Crippen molar-refractivity contribution < 1.29 is 9.53 Å². The van der Waals surface area contributed by atoms with Crippen molar-refractivity contribution in [3.05, 3.63) is 34.9 Å². The highest BCUT2D eigenvalue weighted by Crippen LogP contribution is 2.40. The second-order valence-electron chi connectivity index (χ2n) is 4.09. The van der Waals surface area contributed by atoms with Crippen LogP contribution in [0.25, 0.3) is 0 Å². The zero-order valence-electron chi connectivity index (χ0n) is 8.74. The quantitative estimate of drug-likeness (QED) is 0.739. The largest absolute Gasteiger partial charge is 0.356 e. The first-order valence-corrected chi connectivity index (χ1v) is 5.42. The Hall–Kier alpha value is -0.860. The van der Waals surface area contributed by atoms with E-state index in [-0.39, 0.29) is 23.9 Å². The van der Waals surface area contributed by atoms with Gasteiger partial charge in [0.2, 0.25) is 0 Å². The third-order valence-corrected chi connectivity index (χ3v) is 2.79. The fourth-order valence-electron chi connectivity index (χ4n) is 1.56. The van der Waals surface area contributed by atoms with Gasteiger partial charge in [0.15, 0.2) is 5.78 Å². The average Bonchev–Trinajstić information content (AvgIpc) is 2.97. The second-order valence-corrected chi connectivity index (χ2v) is 4.52. The van der Waals surface area contributed by atoms with E-state index in [1.165, 1.54) is 0 Å². The predicted octanol–water partition coefficient (Wildman–Crippen LogP) is 3.01. The molecular formula is C12H13ClO2. The van der Waals surface area contributed by atoms with Crippen molar-refractivity contribution >= 4 is 17.4 Å². The Morgan fingerprint density at radius 2 is 1.93 bits per heavy atom. The van der Waals surface area contributed by atoms with Gasteiger partial charge in [-0.3, -0.25) is 4.79 Å². The molecule has 1 fully saturated rings. The number of carbonyl (C=O) groups excluding carboxylic acids is 1. The monoisotopic (exact) mass is 224 g/mol. The Morgan fingerprint density at radius 1 is 1.33 bits per heavy atom. The van der Waals surface area contributed by atoms with E-state index in [0.29, 0.717) is 5.02 Å². The van der Waals surface area contributed by atoms with Gasteiger partial charge in [0, 0.05) is 10.9 Å². The van der Waals surface area contributed by atoms with Crippen LogP contribution in [0, 0.1) is 5.92 Å². The highest BCUT2D eigenvalue weighted by atomic mass is 35.5. The standard InChI is InChI=1S/C12H13ClO2/c1-7(2)10(14)12-11(15-12)8-3-5-9(13)6-4-8/h3-7,11-12H,1-2H3/t11-,12+/m0/s1. The molecule has 0 spiro atoms. The molecule has 1 aliphatic rings. The van der Waals surface area contributed by atoms with E-state index >= 15 is 0 Å². The third-order valence-electron chi connectivity index (χ3n) is 2.54. The number of hydrogen-bond donors (Lipinski definition) is 0. The van der Waals surface area contributed by atoms with Crippen LogP contribution < -0.4 is 0 Å². The van der Waals surface area contributed by atoms with Crippen LogP contribution in [0.15, 0.2) is 24.3 Å². The first kappa shape index (κ1) is 10.7. The van der Waals surface area contributed by atoms with Crippen LogP contribution in [0.5, 0.6) is 0 Å². The summed E-state index contributed by atoms with van der Waals surface area (Å²) in [5, 5.41) is 0.700. The van der Waals surface area contributed by atoms with Crippen molar-refractivity contribution in [2.75, 3.05) is 0 Å². The van der Waals surface area contributed by atoms with Crippen LogP contribution >= 0.6 is 11.6 Å². The minimum absolute atomic E-state index is 0.0345. The molecule has 0 aliphatic carbocycles. The average molecular weight is 225 g/mol. The highest BCUT2D eigenvalue weighted by Gasteiger charge is 2.46. The maximum Gasteiger partial charge on any atom is 0.167 e. The molecular weight excluding hydrogens is 212 g/mol. The molecule has 0 unspecified atom stereocenters. The summed E-state index contributed by atoms with van der Waals surface area (Å²) in [4.78, 5) is 11.6. The van der Waals surface area contributed by atoms with Crippen LogP contribution in [0.3, 0.4) is 0 Å². The van der Waals surface area contributed by atoms with Gasteiger partial charge in [-0.25, -0.2) is 0 Å². The van der Waals surface area contributed by atoms with Crippen molar-refractivity contribution in [3.63, 3.8) is 0 Å². The van der Waals surface area contributed by atoms with E-state index in [2.05, 4.69) is 0 Å². The molecule has 0 aromatic heterocycles. The van der Waals surface area contributed by atoms with E-state index in [1.54, 1.807) is 0 Å². The number of benzene rings is 1. The van der Waals surface area contributed by atoms with Gasteiger partial charge in [-0.05, 0) is 17.7 Å². The fraction of sp³-hybridized carbons (Fsp3) is 0.417. The van der Waals surface area contributed by atoms with Gasteiger partial charge in [-0.1, -0.05) is 37.6 Å². The number of carbonyl (C=O) groups is 1. The Kier molecular flexibility index (Phi) is 2.81. The fourth-order valence-corrected chi connectivity index (χ4v) is 1.69. The Balaban J connectivity index is 2.05. The van der Waals surface area contributed by atoms with Crippen molar-refractivity contribution in [1.29, 1.82) is 0 Å². The molecule has 2 atom stereocenters. The molecule has 1 aromatic carbocycles. The Morgan fingerprint density at radius 3 is 2.47 bits per heavy atom. The van der Waals surface area contributed by atoms with Crippen molar-refractivity contribution in [2.45, 2.75) is 26.1 Å². The number of ketones is 1. The molecule has 0 saturated carbocycles. The number of epoxide rings is 1. The summed E-state index contributed by atoms with van der Waals surface area (Å²) in [5.74, 6) is 0.210. The number of ether oxygens (including phenoxy) is 1.